The van der Waals surface area contributed by atoms with Gasteiger partial charge in [0.25, 0.3) is 0 Å². The summed E-state index contributed by atoms with van der Waals surface area (Å²) in [7, 11) is 0. The van der Waals surface area contributed by atoms with Gasteiger partial charge >= 0.3 is 0 Å². The van der Waals surface area contributed by atoms with Gasteiger partial charge in [-0.2, -0.15) is 0 Å². The van der Waals surface area contributed by atoms with Crippen LogP contribution in [0.25, 0.3) is 0 Å². The van der Waals surface area contributed by atoms with Crippen LogP contribution in [0.5, 0.6) is 0 Å². The molecule has 2 atom stereocenters. The maximum Gasteiger partial charge on any atom is 0.0247 e. The van der Waals surface area contributed by atoms with Gasteiger partial charge in [-0.15, -0.1) is 0 Å². The second-order valence-electron chi connectivity index (χ2n) is 7.09. The minimum Gasteiger partial charge on any atom is -0.298 e. The van der Waals surface area contributed by atoms with Crippen LogP contribution < -0.4 is 0 Å². The maximum absolute atomic E-state index is 2.84. The smallest absolute Gasteiger partial charge is 0.0247 e. The predicted octanol–water partition coefficient (Wildman–Crippen LogP) is 3.62. The molecule has 112 valence electrons. The van der Waals surface area contributed by atoms with E-state index in [9.17, 15) is 0 Å². The van der Waals surface area contributed by atoms with Crippen LogP contribution in [-0.2, 0) is 0 Å². The van der Waals surface area contributed by atoms with Gasteiger partial charge in [0.2, 0.25) is 0 Å². The van der Waals surface area contributed by atoms with Crippen molar-refractivity contribution in [1.29, 1.82) is 0 Å². The molecule has 2 aliphatic rings. The van der Waals surface area contributed by atoms with E-state index in [-0.39, 0.29) is 0 Å². The molecule has 0 aromatic rings. The highest BCUT2D eigenvalue weighted by Gasteiger charge is 2.36. The van der Waals surface area contributed by atoms with E-state index in [2.05, 4.69) is 37.5 Å². The van der Waals surface area contributed by atoms with E-state index in [1.54, 1.807) is 0 Å². The minimum absolute atomic E-state index is 0.787. The standard InChI is InChI=1S/C17H34N2/c1-5-15(6-2)11-19-12-16-9-7-8-10-18(16)13-17(19)14(3)4/h14-17H,5-13H2,1-4H3. The molecule has 2 fully saturated rings. The molecule has 2 unspecified atom stereocenters. The Labute approximate surface area is 120 Å². The van der Waals surface area contributed by atoms with Gasteiger partial charge in [0.15, 0.2) is 0 Å². The number of piperazine rings is 1. The molecule has 0 amide bonds. The Kier molecular flexibility index (Phi) is 5.70. The fourth-order valence-corrected chi connectivity index (χ4v) is 3.99. The first kappa shape index (κ1) is 15.3. The second-order valence-corrected chi connectivity index (χ2v) is 7.09. The van der Waals surface area contributed by atoms with Crippen molar-refractivity contribution in [2.45, 2.75) is 71.9 Å². The summed E-state index contributed by atoms with van der Waals surface area (Å²) in [6.45, 7) is 14.9. The third-order valence-corrected chi connectivity index (χ3v) is 5.50. The van der Waals surface area contributed by atoms with Crippen LogP contribution in [0.1, 0.15) is 59.8 Å². The number of nitrogens with zero attached hydrogens (tertiary/aromatic N) is 2. The van der Waals surface area contributed by atoms with Crippen LogP contribution in [-0.4, -0.2) is 48.1 Å². The first-order valence-electron chi connectivity index (χ1n) is 8.63. The molecule has 0 aliphatic carbocycles. The largest absolute Gasteiger partial charge is 0.298 e. The Morgan fingerprint density at radius 1 is 1.05 bits per heavy atom. The van der Waals surface area contributed by atoms with Crippen molar-refractivity contribution in [3.8, 4) is 0 Å². The van der Waals surface area contributed by atoms with E-state index in [0.29, 0.717) is 0 Å². The van der Waals surface area contributed by atoms with Crippen molar-refractivity contribution >= 4 is 0 Å². The highest BCUT2D eigenvalue weighted by Crippen LogP contribution is 2.28. The zero-order valence-corrected chi connectivity index (χ0v) is 13.6. The highest BCUT2D eigenvalue weighted by molar-refractivity contribution is 4.92. The van der Waals surface area contributed by atoms with Crippen molar-refractivity contribution in [2.75, 3.05) is 26.2 Å². The van der Waals surface area contributed by atoms with Crippen LogP contribution in [0, 0.1) is 11.8 Å². The summed E-state index contributed by atoms with van der Waals surface area (Å²) in [6.07, 6.45) is 6.99. The van der Waals surface area contributed by atoms with Crippen molar-refractivity contribution < 1.29 is 0 Å². The fraction of sp³-hybridized carbons (Fsp3) is 1.00. The van der Waals surface area contributed by atoms with E-state index >= 15 is 0 Å². The number of hydrogen-bond donors (Lipinski definition) is 0. The lowest BCUT2D eigenvalue weighted by Gasteiger charge is -2.50. The molecule has 2 heteroatoms. The highest BCUT2D eigenvalue weighted by atomic mass is 15.3. The summed E-state index contributed by atoms with van der Waals surface area (Å²) >= 11 is 0. The Balaban J connectivity index is 2.01. The topological polar surface area (TPSA) is 6.48 Å². The van der Waals surface area contributed by atoms with Gasteiger partial charge in [0.05, 0.1) is 0 Å². The number of hydrogen-bond acceptors (Lipinski definition) is 2. The average molecular weight is 266 g/mol. The Hall–Kier alpha value is -0.0800. The van der Waals surface area contributed by atoms with Gasteiger partial charge in [0.1, 0.15) is 0 Å². The quantitative estimate of drug-likeness (QED) is 0.750. The van der Waals surface area contributed by atoms with E-state index in [1.807, 2.05) is 0 Å². The van der Waals surface area contributed by atoms with Crippen molar-refractivity contribution in [3.05, 3.63) is 0 Å². The molecule has 19 heavy (non-hydrogen) atoms. The molecule has 2 nitrogen and oxygen atoms in total. The van der Waals surface area contributed by atoms with Crippen LogP contribution >= 0.6 is 0 Å². The molecule has 0 radical (unpaired) electrons. The molecular weight excluding hydrogens is 232 g/mol. The summed E-state index contributed by atoms with van der Waals surface area (Å²) in [6, 6.07) is 1.65. The molecule has 2 heterocycles. The molecule has 0 saturated carbocycles. The summed E-state index contributed by atoms with van der Waals surface area (Å²) < 4.78 is 0. The summed E-state index contributed by atoms with van der Waals surface area (Å²) in [5.41, 5.74) is 0. The molecular formula is C17H34N2. The number of piperidine rings is 1. The van der Waals surface area contributed by atoms with Crippen LogP contribution in [0.4, 0.5) is 0 Å². The molecule has 2 rings (SSSR count). The predicted molar refractivity (Wildman–Crippen MR) is 83.5 cm³/mol. The van der Waals surface area contributed by atoms with Crippen LogP contribution in [0.2, 0.25) is 0 Å². The van der Waals surface area contributed by atoms with Crippen molar-refractivity contribution in [2.24, 2.45) is 11.8 Å². The van der Waals surface area contributed by atoms with E-state index < -0.39 is 0 Å². The Bertz CT molecular complexity index is 260. The van der Waals surface area contributed by atoms with Gasteiger partial charge < -0.3 is 0 Å². The van der Waals surface area contributed by atoms with Crippen LogP contribution in [0.15, 0.2) is 0 Å². The maximum atomic E-state index is 2.84. The van der Waals surface area contributed by atoms with E-state index in [0.717, 1.165) is 23.9 Å². The third-order valence-electron chi connectivity index (χ3n) is 5.50. The first-order chi connectivity index (χ1) is 9.15. The lowest BCUT2D eigenvalue weighted by atomic mass is 9.90. The molecule has 0 aromatic carbocycles. The van der Waals surface area contributed by atoms with Gasteiger partial charge in [0, 0.05) is 31.7 Å². The molecule has 0 aromatic heterocycles. The zero-order chi connectivity index (χ0) is 13.8. The molecule has 0 spiro atoms. The van der Waals surface area contributed by atoms with Gasteiger partial charge in [-0.3, -0.25) is 9.80 Å². The minimum atomic E-state index is 0.787. The zero-order valence-electron chi connectivity index (χ0n) is 13.6. The lowest BCUT2D eigenvalue weighted by Crippen LogP contribution is -2.61. The first-order valence-corrected chi connectivity index (χ1v) is 8.63. The Morgan fingerprint density at radius 3 is 2.42 bits per heavy atom. The third kappa shape index (κ3) is 3.72. The normalized spacial score (nSPS) is 30.0. The van der Waals surface area contributed by atoms with Gasteiger partial charge in [-0.25, -0.2) is 0 Å². The SMILES string of the molecule is CCC(CC)CN1CC2CCCCN2CC1C(C)C. The molecule has 2 saturated heterocycles. The average Bonchev–Trinajstić information content (AvgIpc) is 2.43. The lowest BCUT2D eigenvalue weighted by molar-refractivity contribution is -0.0151. The second kappa shape index (κ2) is 7.08. The Morgan fingerprint density at radius 2 is 1.79 bits per heavy atom. The number of rotatable bonds is 5. The molecule has 0 N–H and O–H groups in total. The van der Waals surface area contributed by atoms with Gasteiger partial charge in [-0.05, 0) is 31.2 Å². The van der Waals surface area contributed by atoms with Crippen molar-refractivity contribution in [1.82, 2.24) is 9.80 Å². The summed E-state index contributed by atoms with van der Waals surface area (Å²) in [4.78, 5) is 5.63. The van der Waals surface area contributed by atoms with Gasteiger partial charge in [-0.1, -0.05) is 47.0 Å². The van der Waals surface area contributed by atoms with Crippen molar-refractivity contribution in [3.63, 3.8) is 0 Å². The summed E-state index contributed by atoms with van der Waals surface area (Å²) in [5.74, 6) is 1.69. The van der Waals surface area contributed by atoms with E-state index in [1.165, 1.54) is 58.3 Å². The monoisotopic (exact) mass is 266 g/mol. The molecule has 0 bridgehead atoms. The fourth-order valence-electron chi connectivity index (χ4n) is 3.99. The van der Waals surface area contributed by atoms with E-state index in [4.69, 9.17) is 0 Å². The number of fused-ring (bicyclic) bond motifs is 1. The summed E-state index contributed by atoms with van der Waals surface area (Å²) in [5, 5.41) is 0. The van der Waals surface area contributed by atoms with Crippen LogP contribution in [0.3, 0.4) is 0 Å². The molecule has 2 aliphatic heterocycles.